The van der Waals surface area contributed by atoms with E-state index in [9.17, 15) is 0 Å². The lowest BCUT2D eigenvalue weighted by Gasteiger charge is -2.39. The van der Waals surface area contributed by atoms with E-state index in [1.807, 2.05) is 0 Å². The minimum Gasteiger partial charge on any atom is -0.325 e. The number of nitrogens with one attached hydrogen (secondary N) is 1. The second-order valence-electron chi connectivity index (χ2n) is 6.39. The summed E-state index contributed by atoms with van der Waals surface area (Å²) in [5, 5.41) is 4.72. The van der Waals surface area contributed by atoms with Gasteiger partial charge in [0.05, 0.1) is 10.7 Å². The third kappa shape index (κ3) is 3.53. The molecular formula is C14H27N3S. The third-order valence-corrected chi connectivity index (χ3v) is 5.18. The first kappa shape index (κ1) is 15.6. The molecule has 0 aliphatic carbocycles. The van der Waals surface area contributed by atoms with Crippen molar-refractivity contribution in [3.63, 3.8) is 0 Å². The second-order valence-corrected chi connectivity index (χ2v) is 7.63. The summed E-state index contributed by atoms with van der Waals surface area (Å²) in [6, 6.07) is 0.331. The first-order valence-corrected chi connectivity index (χ1v) is 7.32. The minimum atomic E-state index is -0.196. The summed E-state index contributed by atoms with van der Waals surface area (Å²) < 4.78 is 0. The molecule has 0 aliphatic rings. The van der Waals surface area contributed by atoms with Gasteiger partial charge in [0, 0.05) is 23.0 Å². The molecule has 1 unspecified atom stereocenters. The molecule has 0 saturated carbocycles. The zero-order valence-corrected chi connectivity index (χ0v) is 13.5. The topological polar surface area (TPSA) is 50.9 Å². The maximum absolute atomic E-state index is 6.22. The van der Waals surface area contributed by atoms with E-state index < -0.39 is 0 Å². The molecule has 0 aromatic carbocycles. The number of hydrogen-bond donors (Lipinski definition) is 2. The monoisotopic (exact) mass is 269 g/mol. The van der Waals surface area contributed by atoms with Crippen LogP contribution in [0, 0.1) is 19.3 Å². The van der Waals surface area contributed by atoms with Crippen LogP contribution in [-0.4, -0.2) is 17.1 Å². The van der Waals surface area contributed by atoms with E-state index in [-0.39, 0.29) is 11.0 Å². The lowest BCUT2D eigenvalue weighted by molar-refractivity contribution is 0.190. The Hall–Kier alpha value is -0.450. The molecule has 0 spiro atoms. The van der Waals surface area contributed by atoms with Crippen LogP contribution in [0.2, 0.25) is 0 Å². The Kier molecular flexibility index (Phi) is 4.57. The van der Waals surface area contributed by atoms with Gasteiger partial charge in [-0.1, -0.05) is 13.8 Å². The highest BCUT2D eigenvalue weighted by molar-refractivity contribution is 7.11. The highest BCUT2D eigenvalue weighted by atomic mass is 32.1. The highest BCUT2D eigenvalue weighted by Crippen LogP contribution is 2.29. The molecule has 0 aliphatic heterocycles. The molecule has 1 rings (SSSR count). The molecule has 104 valence electrons. The van der Waals surface area contributed by atoms with Crippen molar-refractivity contribution in [2.75, 3.05) is 6.54 Å². The largest absolute Gasteiger partial charge is 0.325 e. The van der Waals surface area contributed by atoms with Crippen molar-refractivity contribution in [3.8, 4) is 0 Å². The molecule has 3 N–H and O–H groups in total. The summed E-state index contributed by atoms with van der Waals surface area (Å²) in [5.74, 6) is 0. The van der Waals surface area contributed by atoms with Crippen molar-refractivity contribution in [2.45, 2.75) is 60.0 Å². The first-order chi connectivity index (χ1) is 8.04. The van der Waals surface area contributed by atoms with Gasteiger partial charge in [-0.05, 0) is 40.0 Å². The van der Waals surface area contributed by atoms with Gasteiger partial charge in [0.15, 0.2) is 0 Å². The molecule has 18 heavy (non-hydrogen) atoms. The van der Waals surface area contributed by atoms with E-state index in [4.69, 9.17) is 5.73 Å². The van der Waals surface area contributed by atoms with Crippen molar-refractivity contribution in [1.29, 1.82) is 0 Å². The zero-order valence-electron chi connectivity index (χ0n) is 12.7. The number of rotatable bonds is 5. The van der Waals surface area contributed by atoms with Gasteiger partial charge < -0.3 is 11.1 Å². The summed E-state index contributed by atoms with van der Waals surface area (Å²) in [4.78, 5) is 5.81. The molecule has 0 saturated heterocycles. The number of aryl methyl sites for hydroxylation is 2. The van der Waals surface area contributed by atoms with Crippen LogP contribution in [-0.2, 0) is 0 Å². The van der Waals surface area contributed by atoms with Gasteiger partial charge in [-0.15, -0.1) is 11.3 Å². The van der Waals surface area contributed by atoms with Crippen LogP contribution in [0.1, 0.15) is 56.2 Å². The molecule has 1 atom stereocenters. The molecule has 4 heteroatoms. The molecule has 0 radical (unpaired) electrons. The zero-order chi connectivity index (χ0) is 14.1. The van der Waals surface area contributed by atoms with E-state index in [0.29, 0.717) is 6.04 Å². The van der Waals surface area contributed by atoms with Crippen LogP contribution < -0.4 is 11.1 Å². The number of thiazole rings is 1. The van der Waals surface area contributed by atoms with Crippen molar-refractivity contribution in [1.82, 2.24) is 10.3 Å². The molecular weight excluding hydrogens is 242 g/mol. The predicted molar refractivity (Wildman–Crippen MR) is 80.1 cm³/mol. The van der Waals surface area contributed by atoms with Gasteiger partial charge in [0.1, 0.15) is 0 Å². The highest BCUT2D eigenvalue weighted by Gasteiger charge is 2.33. The quantitative estimate of drug-likeness (QED) is 0.863. The van der Waals surface area contributed by atoms with Crippen molar-refractivity contribution in [3.05, 3.63) is 15.6 Å². The maximum Gasteiger partial charge on any atom is 0.0900 e. The molecule has 0 fully saturated rings. The minimum absolute atomic E-state index is 0.0505. The maximum atomic E-state index is 6.22. The predicted octanol–water partition coefficient (Wildman–Crippen LogP) is 3.17. The molecule has 0 bridgehead atoms. The average Bonchev–Trinajstić information content (AvgIpc) is 2.53. The van der Waals surface area contributed by atoms with E-state index in [2.05, 4.69) is 58.8 Å². The normalized spacial score (nSPS) is 14.9. The summed E-state index contributed by atoms with van der Waals surface area (Å²) in [6.45, 7) is 15.8. The van der Waals surface area contributed by atoms with Gasteiger partial charge in [-0.2, -0.15) is 0 Å². The third-order valence-electron chi connectivity index (χ3n) is 3.93. The summed E-state index contributed by atoms with van der Waals surface area (Å²) in [5.41, 5.74) is 7.22. The molecule has 3 nitrogen and oxygen atoms in total. The number of hydrogen-bond acceptors (Lipinski definition) is 4. The molecule has 1 aromatic rings. The standard InChI is InChI=1S/C14H27N3S/c1-9(12-10(2)17-11(3)18-12)16-8-13(4,5)14(6,7)15/h9,16H,8,15H2,1-7H3. The Morgan fingerprint density at radius 1 is 1.28 bits per heavy atom. The van der Waals surface area contributed by atoms with Gasteiger partial charge >= 0.3 is 0 Å². The van der Waals surface area contributed by atoms with Crippen LogP contribution in [0.15, 0.2) is 0 Å². The van der Waals surface area contributed by atoms with Crippen LogP contribution in [0.3, 0.4) is 0 Å². The average molecular weight is 269 g/mol. The second kappa shape index (κ2) is 5.27. The Labute approximate surface area is 115 Å². The Morgan fingerprint density at radius 3 is 2.22 bits per heavy atom. The Morgan fingerprint density at radius 2 is 1.83 bits per heavy atom. The van der Waals surface area contributed by atoms with E-state index in [1.165, 1.54) is 4.88 Å². The van der Waals surface area contributed by atoms with Crippen LogP contribution >= 0.6 is 11.3 Å². The van der Waals surface area contributed by atoms with Crippen LogP contribution in [0.5, 0.6) is 0 Å². The smallest absolute Gasteiger partial charge is 0.0900 e. The van der Waals surface area contributed by atoms with Crippen molar-refractivity contribution >= 4 is 11.3 Å². The van der Waals surface area contributed by atoms with E-state index >= 15 is 0 Å². The fraction of sp³-hybridized carbons (Fsp3) is 0.786. The number of nitrogens with zero attached hydrogens (tertiary/aromatic N) is 1. The lowest BCUT2D eigenvalue weighted by atomic mass is 9.75. The molecule has 1 heterocycles. The summed E-state index contributed by atoms with van der Waals surface area (Å²) >= 11 is 1.78. The van der Waals surface area contributed by atoms with Gasteiger partial charge in [-0.3, -0.25) is 0 Å². The Balaban J connectivity index is 2.67. The molecule has 0 amide bonds. The van der Waals surface area contributed by atoms with Gasteiger partial charge in [0.25, 0.3) is 0 Å². The lowest BCUT2D eigenvalue weighted by Crippen LogP contribution is -2.52. The van der Waals surface area contributed by atoms with Crippen LogP contribution in [0.25, 0.3) is 0 Å². The Bertz CT molecular complexity index is 402. The van der Waals surface area contributed by atoms with Gasteiger partial charge in [-0.25, -0.2) is 4.98 Å². The summed E-state index contributed by atoms with van der Waals surface area (Å²) in [6.07, 6.45) is 0. The molecule has 1 aromatic heterocycles. The fourth-order valence-electron chi connectivity index (χ4n) is 1.68. The van der Waals surface area contributed by atoms with E-state index in [1.54, 1.807) is 11.3 Å². The number of aromatic nitrogens is 1. The van der Waals surface area contributed by atoms with Gasteiger partial charge in [0.2, 0.25) is 0 Å². The summed E-state index contributed by atoms with van der Waals surface area (Å²) in [7, 11) is 0. The van der Waals surface area contributed by atoms with Crippen molar-refractivity contribution < 1.29 is 0 Å². The van der Waals surface area contributed by atoms with E-state index in [0.717, 1.165) is 17.2 Å². The van der Waals surface area contributed by atoms with Crippen LogP contribution in [0.4, 0.5) is 0 Å². The fourth-order valence-corrected chi connectivity index (χ4v) is 2.63. The van der Waals surface area contributed by atoms with Crippen molar-refractivity contribution in [2.24, 2.45) is 11.1 Å². The SMILES string of the molecule is Cc1nc(C)c(C(C)NCC(C)(C)C(C)(C)N)s1. The first-order valence-electron chi connectivity index (χ1n) is 6.51. The number of nitrogens with two attached hydrogens (primary N) is 1.